The van der Waals surface area contributed by atoms with Gasteiger partial charge in [0, 0.05) is 10.5 Å². The average Bonchev–Trinajstić information content (AvgIpc) is 2.22. The highest BCUT2D eigenvalue weighted by Gasteiger charge is 2.28. The maximum atomic E-state index is 9.94. The molecular formula is C13H24OS. The summed E-state index contributed by atoms with van der Waals surface area (Å²) in [5.41, 5.74) is 0. The lowest BCUT2D eigenvalue weighted by molar-refractivity contribution is 0.136. The highest BCUT2D eigenvalue weighted by atomic mass is 32.2. The second-order valence-corrected chi connectivity index (χ2v) is 6.96. The zero-order valence-electron chi connectivity index (χ0n) is 9.82. The van der Waals surface area contributed by atoms with Gasteiger partial charge in [0.05, 0.1) is 6.10 Å². The van der Waals surface area contributed by atoms with Crippen LogP contribution in [0.15, 0.2) is 0 Å². The summed E-state index contributed by atoms with van der Waals surface area (Å²) < 4.78 is 0. The third-order valence-electron chi connectivity index (χ3n) is 3.92. The molecule has 0 spiro atoms. The van der Waals surface area contributed by atoms with Gasteiger partial charge in [-0.25, -0.2) is 0 Å². The van der Waals surface area contributed by atoms with E-state index in [0.717, 1.165) is 17.6 Å². The van der Waals surface area contributed by atoms with Crippen molar-refractivity contribution in [2.75, 3.05) is 0 Å². The monoisotopic (exact) mass is 228 g/mol. The van der Waals surface area contributed by atoms with E-state index in [9.17, 15) is 5.11 Å². The van der Waals surface area contributed by atoms with Crippen molar-refractivity contribution in [2.45, 2.75) is 74.9 Å². The minimum atomic E-state index is -0.0130. The van der Waals surface area contributed by atoms with Crippen LogP contribution in [0.5, 0.6) is 0 Å². The molecule has 0 heterocycles. The molecule has 2 saturated carbocycles. The molecule has 0 aromatic rings. The maximum absolute atomic E-state index is 9.94. The molecule has 0 radical (unpaired) electrons. The normalized spacial score (nSPS) is 42.8. The fourth-order valence-corrected chi connectivity index (χ4v) is 4.84. The maximum Gasteiger partial charge on any atom is 0.0658 e. The number of aliphatic hydroxyl groups excluding tert-OH is 1. The van der Waals surface area contributed by atoms with Crippen LogP contribution in [0.3, 0.4) is 0 Å². The molecule has 0 bridgehead atoms. The first-order valence-corrected chi connectivity index (χ1v) is 7.53. The van der Waals surface area contributed by atoms with Crippen molar-refractivity contribution in [3.63, 3.8) is 0 Å². The molecule has 4 atom stereocenters. The van der Waals surface area contributed by atoms with Crippen LogP contribution in [0.1, 0.15) is 58.3 Å². The summed E-state index contributed by atoms with van der Waals surface area (Å²) in [5.74, 6) is 0.914. The molecule has 88 valence electrons. The van der Waals surface area contributed by atoms with E-state index in [1.807, 2.05) is 0 Å². The van der Waals surface area contributed by atoms with Gasteiger partial charge in [0.25, 0.3) is 0 Å². The number of hydrogen-bond donors (Lipinski definition) is 1. The lowest BCUT2D eigenvalue weighted by Crippen LogP contribution is -2.30. The van der Waals surface area contributed by atoms with Crippen LogP contribution in [-0.4, -0.2) is 21.7 Å². The molecule has 2 fully saturated rings. The Labute approximate surface area is 98.0 Å². The Bertz CT molecular complexity index is 195. The Kier molecular flexibility index (Phi) is 4.39. The van der Waals surface area contributed by atoms with Gasteiger partial charge in [-0.15, -0.1) is 0 Å². The van der Waals surface area contributed by atoms with Gasteiger partial charge in [-0.1, -0.05) is 32.6 Å². The molecule has 2 rings (SSSR count). The number of rotatable bonds is 2. The van der Waals surface area contributed by atoms with Crippen LogP contribution in [0.25, 0.3) is 0 Å². The lowest BCUT2D eigenvalue weighted by Gasteiger charge is -2.33. The Morgan fingerprint density at radius 3 is 2.53 bits per heavy atom. The molecule has 1 nitrogen and oxygen atoms in total. The predicted octanol–water partition coefficient (Wildman–Crippen LogP) is 3.60. The van der Waals surface area contributed by atoms with Gasteiger partial charge in [-0.3, -0.25) is 0 Å². The first-order valence-electron chi connectivity index (χ1n) is 6.59. The van der Waals surface area contributed by atoms with E-state index in [1.54, 1.807) is 0 Å². The van der Waals surface area contributed by atoms with Crippen LogP contribution in [0.2, 0.25) is 0 Å². The molecule has 0 saturated heterocycles. The SMILES string of the molecule is CC1CCCC(S[C@H]2CCCC[C@@H]2O)C1. The zero-order chi connectivity index (χ0) is 10.7. The van der Waals surface area contributed by atoms with Gasteiger partial charge < -0.3 is 5.11 Å². The van der Waals surface area contributed by atoms with Crippen molar-refractivity contribution in [1.82, 2.24) is 0 Å². The van der Waals surface area contributed by atoms with Crippen molar-refractivity contribution in [3.8, 4) is 0 Å². The van der Waals surface area contributed by atoms with Crippen molar-refractivity contribution < 1.29 is 5.11 Å². The topological polar surface area (TPSA) is 20.2 Å². The van der Waals surface area contributed by atoms with E-state index in [4.69, 9.17) is 0 Å². The summed E-state index contributed by atoms with van der Waals surface area (Å²) >= 11 is 2.10. The fourth-order valence-electron chi connectivity index (χ4n) is 2.99. The zero-order valence-corrected chi connectivity index (χ0v) is 10.6. The van der Waals surface area contributed by atoms with Crippen LogP contribution in [-0.2, 0) is 0 Å². The summed E-state index contributed by atoms with van der Waals surface area (Å²) in [4.78, 5) is 0. The molecule has 2 unspecified atom stereocenters. The predicted molar refractivity (Wildman–Crippen MR) is 67.3 cm³/mol. The molecule has 0 amide bonds. The Morgan fingerprint density at radius 2 is 1.80 bits per heavy atom. The molecule has 15 heavy (non-hydrogen) atoms. The molecule has 0 aliphatic heterocycles. The quantitative estimate of drug-likeness (QED) is 0.779. The number of hydrogen-bond acceptors (Lipinski definition) is 2. The molecule has 0 aromatic carbocycles. The van der Waals surface area contributed by atoms with Crippen molar-refractivity contribution in [3.05, 3.63) is 0 Å². The van der Waals surface area contributed by atoms with Gasteiger partial charge in [0.15, 0.2) is 0 Å². The fraction of sp³-hybridized carbons (Fsp3) is 1.00. The largest absolute Gasteiger partial charge is 0.392 e. The number of thioether (sulfide) groups is 1. The summed E-state index contributed by atoms with van der Waals surface area (Å²) in [6.07, 6.45) is 10.4. The van der Waals surface area contributed by atoms with E-state index in [-0.39, 0.29) is 6.10 Å². The van der Waals surface area contributed by atoms with Gasteiger partial charge >= 0.3 is 0 Å². The third kappa shape index (κ3) is 3.39. The van der Waals surface area contributed by atoms with Crippen LogP contribution in [0.4, 0.5) is 0 Å². The minimum Gasteiger partial charge on any atom is -0.392 e. The summed E-state index contributed by atoms with van der Waals surface area (Å²) in [5, 5.41) is 11.3. The van der Waals surface area contributed by atoms with E-state index in [1.165, 1.54) is 44.9 Å². The minimum absolute atomic E-state index is 0.0130. The Morgan fingerprint density at radius 1 is 1.00 bits per heavy atom. The van der Waals surface area contributed by atoms with Gasteiger partial charge in [0.1, 0.15) is 0 Å². The second kappa shape index (κ2) is 5.58. The number of aliphatic hydroxyl groups is 1. The highest BCUT2D eigenvalue weighted by molar-refractivity contribution is 8.00. The van der Waals surface area contributed by atoms with E-state index in [0.29, 0.717) is 5.25 Å². The molecule has 2 heteroatoms. The Balaban J connectivity index is 1.79. The standard InChI is InChI=1S/C13H24OS/c1-10-5-4-6-11(9-10)15-13-8-3-2-7-12(13)14/h10-14H,2-9H2,1H3/t10?,11?,12-,13-/m0/s1. The average molecular weight is 228 g/mol. The summed E-state index contributed by atoms with van der Waals surface area (Å²) in [6.45, 7) is 2.38. The highest BCUT2D eigenvalue weighted by Crippen LogP contribution is 2.38. The van der Waals surface area contributed by atoms with E-state index >= 15 is 0 Å². The van der Waals surface area contributed by atoms with E-state index < -0.39 is 0 Å². The molecular weight excluding hydrogens is 204 g/mol. The smallest absolute Gasteiger partial charge is 0.0658 e. The van der Waals surface area contributed by atoms with E-state index in [2.05, 4.69) is 18.7 Å². The van der Waals surface area contributed by atoms with Gasteiger partial charge in [0.2, 0.25) is 0 Å². The summed E-state index contributed by atoms with van der Waals surface area (Å²) in [6, 6.07) is 0. The van der Waals surface area contributed by atoms with Crippen molar-refractivity contribution >= 4 is 11.8 Å². The molecule has 0 aromatic heterocycles. The Hall–Kier alpha value is 0.310. The molecule has 1 N–H and O–H groups in total. The van der Waals surface area contributed by atoms with Crippen LogP contribution in [0, 0.1) is 5.92 Å². The third-order valence-corrected chi connectivity index (χ3v) is 5.64. The first kappa shape index (κ1) is 11.8. The van der Waals surface area contributed by atoms with Crippen LogP contribution >= 0.6 is 11.8 Å². The van der Waals surface area contributed by atoms with Crippen LogP contribution < -0.4 is 0 Å². The van der Waals surface area contributed by atoms with Gasteiger partial charge in [-0.2, -0.15) is 11.8 Å². The van der Waals surface area contributed by atoms with Crippen molar-refractivity contribution in [2.24, 2.45) is 5.92 Å². The second-order valence-electron chi connectivity index (χ2n) is 5.42. The molecule has 2 aliphatic carbocycles. The van der Waals surface area contributed by atoms with Gasteiger partial charge in [-0.05, 0) is 31.6 Å². The van der Waals surface area contributed by atoms with Crippen molar-refractivity contribution in [1.29, 1.82) is 0 Å². The first-order chi connectivity index (χ1) is 7.25. The summed E-state index contributed by atoms with van der Waals surface area (Å²) in [7, 11) is 0. The lowest BCUT2D eigenvalue weighted by atomic mass is 9.90. The molecule has 2 aliphatic rings.